The number of aromatic nitrogens is 1. The molecule has 1 amide bonds. The number of amides is 1. The summed E-state index contributed by atoms with van der Waals surface area (Å²) in [6.07, 6.45) is 0. The Morgan fingerprint density at radius 2 is 1.63 bits per heavy atom. The first-order chi connectivity index (χ1) is 13.0. The van der Waals surface area contributed by atoms with Gasteiger partial charge in [-0.3, -0.25) is 9.59 Å². The van der Waals surface area contributed by atoms with Crippen molar-refractivity contribution >= 4 is 39.4 Å². The van der Waals surface area contributed by atoms with E-state index in [-0.39, 0.29) is 17.7 Å². The van der Waals surface area contributed by atoms with E-state index >= 15 is 0 Å². The molecule has 3 aromatic rings. The molecule has 138 valence electrons. The molecule has 0 aliphatic heterocycles. The maximum atomic E-state index is 12.7. The van der Waals surface area contributed by atoms with E-state index in [0.29, 0.717) is 4.80 Å². The molecule has 0 radical (unpaired) electrons. The first-order valence-corrected chi connectivity index (χ1v) is 8.78. The van der Waals surface area contributed by atoms with E-state index in [0.717, 1.165) is 10.2 Å². The Hall–Kier alpha value is -3.26. The van der Waals surface area contributed by atoms with Crippen LogP contribution in [0.15, 0.2) is 53.5 Å². The standard InChI is InChI=1S/C19H16N2O5S/c1-25-16(22)11-21-14-9-5-6-10-15(14)27-19(21)20-17(23)12-7-3-4-8-13(12)18(24)26-2/h3-10H,11H2,1-2H3. The molecular weight excluding hydrogens is 368 g/mol. The summed E-state index contributed by atoms with van der Waals surface area (Å²) >= 11 is 1.27. The summed E-state index contributed by atoms with van der Waals surface area (Å²) < 4.78 is 11.9. The monoisotopic (exact) mass is 384 g/mol. The van der Waals surface area contributed by atoms with Crippen LogP contribution in [0.3, 0.4) is 0 Å². The van der Waals surface area contributed by atoms with Gasteiger partial charge in [0.2, 0.25) is 0 Å². The minimum atomic E-state index is -0.618. The Morgan fingerprint density at radius 3 is 2.33 bits per heavy atom. The molecule has 0 bridgehead atoms. The van der Waals surface area contributed by atoms with Crippen molar-refractivity contribution in [3.05, 3.63) is 64.5 Å². The van der Waals surface area contributed by atoms with Crippen LogP contribution in [0.4, 0.5) is 0 Å². The van der Waals surface area contributed by atoms with Crippen molar-refractivity contribution in [2.75, 3.05) is 14.2 Å². The van der Waals surface area contributed by atoms with E-state index in [4.69, 9.17) is 9.47 Å². The summed E-state index contributed by atoms with van der Waals surface area (Å²) in [6.45, 7) is -0.0781. The normalized spacial score (nSPS) is 11.4. The second-order valence-electron chi connectivity index (χ2n) is 5.47. The number of carbonyl (C=O) groups is 3. The first-order valence-electron chi connectivity index (χ1n) is 7.96. The number of nitrogens with zero attached hydrogens (tertiary/aromatic N) is 2. The molecule has 8 heteroatoms. The Kier molecular flexibility index (Phi) is 5.46. The summed E-state index contributed by atoms with van der Waals surface area (Å²) in [4.78, 5) is 40.9. The van der Waals surface area contributed by atoms with Gasteiger partial charge in [-0.25, -0.2) is 4.79 Å². The Morgan fingerprint density at radius 1 is 0.963 bits per heavy atom. The third kappa shape index (κ3) is 3.80. The molecule has 0 saturated carbocycles. The summed E-state index contributed by atoms with van der Waals surface area (Å²) in [5.41, 5.74) is 1.03. The van der Waals surface area contributed by atoms with Crippen LogP contribution in [0.2, 0.25) is 0 Å². The Bertz CT molecular complexity index is 1100. The number of hydrogen-bond acceptors (Lipinski definition) is 6. The predicted molar refractivity (Wildman–Crippen MR) is 99.5 cm³/mol. The quantitative estimate of drug-likeness (QED) is 0.645. The minimum absolute atomic E-state index is 0.0781. The zero-order chi connectivity index (χ0) is 19.4. The SMILES string of the molecule is COC(=O)Cn1c(=NC(=O)c2ccccc2C(=O)OC)sc2ccccc21. The molecule has 2 aromatic carbocycles. The van der Waals surface area contributed by atoms with Gasteiger partial charge in [-0.15, -0.1) is 0 Å². The number of esters is 2. The van der Waals surface area contributed by atoms with Crippen LogP contribution >= 0.6 is 11.3 Å². The third-order valence-corrected chi connectivity index (χ3v) is 4.92. The molecule has 0 N–H and O–H groups in total. The molecule has 0 atom stereocenters. The molecule has 0 saturated heterocycles. The summed E-state index contributed by atoms with van der Waals surface area (Å²) in [5.74, 6) is -1.67. The van der Waals surface area contributed by atoms with Crippen LogP contribution in [-0.4, -0.2) is 36.6 Å². The number of para-hydroxylation sites is 1. The van der Waals surface area contributed by atoms with E-state index in [1.54, 1.807) is 16.7 Å². The Balaban J connectivity index is 2.14. The summed E-state index contributed by atoms with van der Waals surface area (Å²) in [7, 11) is 2.54. The average molecular weight is 384 g/mol. The van der Waals surface area contributed by atoms with Crippen LogP contribution in [0.5, 0.6) is 0 Å². The van der Waals surface area contributed by atoms with Gasteiger partial charge in [-0.2, -0.15) is 4.99 Å². The van der Waals surface area contributed by atoms with E-state index in [2.05, 4.69) is 4.99 Å². The number of fused-ring (bicyclic) bond motifs is 1. The van der Waals surface area contributed by atoms with Crippen molar-refractivity contribution in [3.8, 4) is 0 Å². The largest absolute Gasteiger partial charge is 0.468 e. The van der Waals surface area contributed by atoms with Gasteiger partial charge in [0.25, 0.3) is 5.91 Å². The van der Waals surface area contributed by atoms with E-state index < -0.39 is 17.8 Å². The van der Waals surface area contributed by atoms with Crippen molar-refractivity contribution in [2.45, 2.75) is 6.54 Å². The van der Waals surface area contributed by atoms with Crippen molar-refractivity contribution in [2.24, 2.45) is 4.99 Å². The highest BCUT2D eigenvalue weighted by Gasteiger charge is 2.18. The van der Waals surface area contributed by atoms with E-state index in [1.165, 1.54) is 37.7 Å². The van der Waals surface area contributed by atoms with Gasteiger partial charge >= 0.3 is 11.9 Å². The number of carbonyl (C=O) groups excluding carboxylic acids is 3. The zero-order valence-corrected chi connectivity index (χ0v) is 15.5. The van der Waals surface area contributed by atoms with Gasteiger partial charge in [0.1, 0.15) is 6.54 Å². The molecule has 0 unspecified atom stereocenters. The fraction of sp³-hybridized carbons (Fsp3) is 0.158. The Labute approximate surface area is 158 Å². The topological polar surface area (TPSA) is 87.0 Å². The van der Waals surface area contributed by atoms with Gasteiger partial charge in [-0.1, -0.05) is 35.6 Å². The summed E-state index contributed by atoms with van der Waals surface area (Å²) in [5, 5.41) is 0. The lowest BCUT2D eigenvalue weighted by atomic mass is 10.1. The van der Waals surface area contributed by atoms with Crippen LogP contribution in [0, 0.1) is 0 Å². The number of benzene rings is 2. The van der Waals surface area contributed by atoms with Gasteiger partial charge in [-0.05, 0) is 24.3 Å². The van der Waals surface area contributed by atoms with Crippen molar-refractivity contribution < 1.29 is 23.9 Å². The van der Waals surface area contributed by atoms with Crippen molar-refractivity contribution in [1.82, 2.24) is 4.57 Å². The van der Waals surface area contributed by atoms with Crippen LogP contribution < -0.4 is 4.80 Å². The maximum absolute atomic E-state index is 12.7. The third-order valence-electron chi connectivity index (χ3n) is 3.86. The van der Waals surface area contributed by atoms with Crippen molar-refractivity contribution in [1.29, 1.82) is 0 Å². The van der Waals surface area contributed by atoms with E-state index in [9.17, 15) is 14.4 Å². The zero-order valence-electron chi connectivity index (χ0n) is 14.7. The predicted octanol–water partition coefficient (Wildman–Crippen LogP) is 2.40. The highest BCUT2D eigenvalue weighted by molar-refractivity contribution is 7.16. The molecule has 27 heavy (non-hydrogen) atoms. The highest BCUT2D eigenvalue weighted by Crippen LogP contribution is 2.17. The number of methoxy groups -OCH3 is 2. The molecule has 0 aliphatic rings. The van der Waals surface area contributed by atoms with Crippen LogP contribution in [0.1, 0.15) is 20.7 Å². The van der Waals surface area contributed by atoms with Crippen LogP contribution in [0.25, 0.3) is 10.2 Å². The average Bonchev–Trinajstić information content (AvgIpc) is 3.04. The number of thiazole rings is 1. The van der Waals surface area contributed by atoms with Gasteiger partial charge < -0.3 is 14.0 Å². The van der Waals surface area contributed by atoms with Gasteiger partial charge in [0.05, 0.1) is 35.6 Å². The molecule has 7 nitrogen and oxygen atoms in total. The highest BCUT2D eigenvalue weighted by atomic mass is 32.1. The second-order valence-corrected chi connectivity index (χ2v) is 6.48. The van der Waals surface area contributed by atoms with Crippen molar-refractivity contribution in [3.63, 3.8) is 0 Å². The number of ether oxygens (including phenoxy) is 2. The van der Waals surface area contributed by atoms with E-state index in [1.807, 2.05) is 24.3 Å². The molecule has 3 rings (SSSR count). The number of hydrogen-bond donors (Lipinski definition) is 0. The molecule has 0 spiro atoms. The van der Waals surface area contributed by atoms with Gasteiger partial charge in [0.15, 0.2) is 4.80 Å². The summed E-state index contributed by atoms with van der Waals surface area (Å²) in [6, 6.07) is 13.7. The molecule has 1 aromatic heterocycles. The molecular formula is C19H16N2O5S. The smallest absolute Gasteiger partial charge is 0.338 e. The molecule has 0 aliphatic carbocycles. The molecule has 1 heterocycles. The lowest BCUT2D eigenvalue weighted by Gasteiger charge is -2.05. The van der Waals surface area contributed by atoms with Gasteiger partial charge in [0, 0.05) is 0 Å². The second kappa shape index (κ2) is 7.96. The fourth-order valence-electron chi connectivity index (χ4n) is 2.56. The van der Waals surface area contributed by atoms with Crippen LogP contribution in [-0.2, 0) is 20.8 Å². The first kappa shape index (κ1) is 18.5. The minimum Gasteiger partial charge on any atom is -0.468 e. The lowest BCUT2D eigenvalue weighted by Crippen LogP contribution is -2.22. The molecule has 0 fully saturated rings. The maximum Gasteiger partial charge on any atom is 0.338 e. The fourth-order valence-corrected chi connectivity index (χ4v) is 3.58. The number of rotatable bonds is 4. The lowest BCUT2D eigenvalue weighted by molar-refractivity contribution is -0.141.